The molecule has 0 fully saturated rings. The van der Waals surface area contributed by atoms with Crippen LogP contribution in [0.15, 0.2) is 77.9 Å². The zero-order chi connectivity index (χ0) is 19.2. The maximum atomic E-state index is 11.8. The van der Waals surface area contributed by atoms with E-state index in [2.05, 4.69) is 17.5 Å². The van der Waals surface area contributed by atoms with Crippen molar-refractivity contribution in [1.82, 2.24) is 5.43 Å². The van der Waals surface area contributed by atoms with Gasteiger partial charge in [-0.2, -0.15) is 5.10 Å². The number of hydrogen-bond donors (Lipinski definition) is 1. The summed E-state index contributed by atoms with van der Waals surface area (Å²) in [5.74, 6) is 0. The van der Waals surface area contributed by atoms with Crippen LogP contribution in [0.3, 0.4) is 0 Å². The molecule has 2 aromatic carbocycles. The highest BCUT2D eigenvalue weighted by atomic mass is 16.5. The highest BCUT2D eigenvalue weighted by Crippen LogP contribution is 2.04. The number of amides is 1. The summed E-state index contributed by atoms with van der Waals surface area (Å²) in [6.07, 6.45) is 10.1. The number of allylic oxidation sites excluding steroid dienone is 2. The summed E-state index contributed by atoms with van der Waals surface area (Å²) in [4.78, 5) is 11.8. The van der Waals surface area contributed by atoms with E-state index in [1.807, 2.05) is 85.0 Å². The van der Waals surface area contributed by atoms with Crippen LogP contribution in [0, 0.1) is 0 Å². The first-order chi connectivity index (χ1) is 13.3. The minimum absolute atomic E-state index is 0.407. The molecule has 0 saturated heterocycles. The summed E-state index contributed by atoms with van der Waals surface area (Å²) in [5, 5.41) is 4.17. The maximum Gasteiger partial charge on any atom is 0.427 e. The van der Waals surface area contributed by atoms with Gasteiger partial charge in [-0.15, -0.1) is 0 Å². The highest BCUT2D eigenvalue weighted by molar-refractivity contribution is 6.08. The van der Waals surface area contributed by atoms with E-state index >= 15 is 0 Å². The molecule has 0 unspecified atom stereocenters. The molecule has 1 amide bonds. The van der Waals surface area contributed by atoms with E-state index in [0.717, 1.165) is 30.4 Å². The Morgan fingerprint density at radius 2 is 1.48 bits per heavy atom. The van der Waals surface area contributed by atoms with Crippen molar-refractivity contribution >= 4 is 24.0 Å². The summed E-state index contributed by atoms with van der Waals surface area (Å²) in [5.41, 5.74) is 5.19. The Bertz CT molecular complexity index is 714. The fourth-order valence-electron chi connectivity index (χ4n) is 2.28. The summed E-state index contributed by atoms with van der Waals surface area (Å²) < 4.78 is 5.11. The van der Waals surface area contributed by atoms with E-state index in [1.165, 1.54) is 0 Å². The average Bonchev–Trinajstić information content (AvgIpc) is 2.72. The summed E-state index contributed by atoms with van der Waals surface area (Å²) >= 11 is 0. The van der Waals surface area contributed by atoms with Gasteiger partial charge >= 0.3 is 6.09 Å². The molecule has 140 valence electrons. The van der Waals surface area contributed by atoms with E-state index < -0.39 is 6.09 Å². The van der Waals surface area contributed by atoms with Crippen LogP contribution in [0.1, 0.15) is 37.3 Å². The van der Waals surface area contributed by atoms with Crippen LogP contribution in [0.5, 0.6) is 0 Å². The first kappa shape index (κ1) is 20.2. The highest BCUT2D eigenvalue weighted by Gasteiger charge is 2.00. The number of rotatable bonds is 9. The molecular formula is C23H26N2O2. The van der Waals surface area contributed by atoms with Gasteiger partial charge in [0.15, 0.2) is 0 Å². The molecule has 4 nitrogen and oxygen atoms in total. The second kappa shape index (κ2) is 12.3. The monoisotopic (exact) mass is 362 g/mol. The number of hydrazone groups is 1. The average molecular weight is 362 g/mol. The molecule has 4 heteroatoms. The summed E-state index contributed by atoms with van der Waals surface area (Å²) in [7, 11) is 0. The van der Waals surface area contributed by atoms with Gasteiger partial charge in [0.2, 0.25) is 0 Å². The van der Waals surface area contributed by atoms with Crippen molar-refractivity contribution in [3.05, 3.63) is 83.9 Å². The van der Waals surface area contributed by atoms with Crippen molar-refractivity contribution in [1.29, 1.82) is 0 Å². The lowest BCUT2D eigenvalue weighted by molar-refractivity contribution is 0.144. The normalized spacial score (nSPS) is 10.9. The number of carbonyl (C=O) groups excluding carboxylic acids is 1. The quantitative estimate of drug-likeness (QED) is 0.354. The minimum atomic E-state index is -0.537. The van der Waals surface area contributed by atoms with Gasteiger partial charge in [0.05, 0.1) is 12.3 Å². The maximum absolute atomic E-state index is 11.8. The lowest BCUT2D eigenvalue weighted by Gasteiger charge is -2.03. The zero-order valence-corrected chi connectivity index (χ0v) is 15.7. The molecule has 0 bridgehead atoms. The number of nitrogens with zero attached hydrogens (tertiary/aromatic N) is 1. The van der Waals surface area contributed by atoms with Gasteiger partial charge in [-0.3, -0.25) is 0 Å². The Kier molecular flexibility index (Phi) is 9.15. The predicted octanol–water partition coefficient (Wildman–Crippen LogP) is 5.69. The van der Waals surface area contributed by atoms with Crippen molar-refractivity contribution in [3.63, 3.8) is 0 Å². The first-order valence-corrected chi connectivity index (χ1v) is 9.24. The van der Waals surface area contributed by atoms with Crippen LogP contribution in [0.4, 0.5) is 4.79 Å². The van der Waals surface area contributed by atoms with Gasteiger partial charge in [-0.1, -0.05) is 92.6 Å². The van der Waals surface area contributed by atoms with Crippen LogP contribution < -0.4 is 5.43 Å². The molecule has 0 aromatic heterocycles. The minimum Gasteiger partial charge on any atom is -0.448 e. The van der Waals surface area contributed by atoms with Crippen LogP contribution in [0.2, 0.25) is 0 Å². The van der Waals surface area contributed by atoms with Crippen molar-refractivity contribution in [3.8, 4) is 0 Å². The molecule has 0 heterocycles. The van der Waals surface area contributed by atoms with E-state index in [1.54, 1.807) is 0 Å². The fraction of sp³-hybridized carbons (Fsp3) is 0.217. The van der Waals surface area contributed by atoms with E-state index in [4.69, 9.17) is 4.74 Å². The van der Waals surface area contributed by atoms with Crippen LogP contribution >= 0.6 is 0 Å². The topological polar surface area (TPSA) is 50.7 Å². The fourth-order valence-corrected chi connectivity index (χ4v) is 2.28. The molecule has 0 radical (unpaired) electrons. The molecule has 27 heavy (non-hydrogen) atoms. The van der Waals surface area contributed by atoms with E-state index in [9.17, 15) is 4.79 Å². The zero-order valence-electron chi connectivity index (χ0n) is 15.7. The smallest absolute Gasteiger partial charge is 0.427 e. The largest absolute Gasteiger partial charge is 0.448 e. The van der Waals surface area contributed by atoms with Gasteiger partial charge in [0, 0.05) is 0 Å². The van der Waals surface area contributed by atoms with Crippen molar-refractivity contribution in [2.75, 3.05) is 6.61 Å². The van der Waals surface area contributed by atoms with Crippen LogP contribution in [0.25, 0.3) is 12.2 Å². The second-order valence-corrected chi connectivity index (χ2v) is 5.98. The third-order valence-electron chi connectivity index (χ3n) is 3.75. The molecule has 0 saturated carbocycles. The van der Waals surface area contributed by atoms with Crippen molar-refractivity contribution in [2.45, 2.75) is 26.2 Å². The number of carbonyl (C=O) groups is 1. The predicted molar refractivity (Wildman–Crippen MR) is 112 cm³/mol. The summed E-state index contributed by atoms with van der Waals surface area (Å²) in [6, 6.07) is 19.9. The van der Waals surface area contributed by atoms with E-state index in [0.29, 0.717) is 12.3 Å². The SMILES string of the molecule is CCCCCOC(=O)NN=C(/C=C/c1ccccc1)/C=C/c1ccccc1. The molecule has 1 N–H and O–H groups in total. The van der Waals surface area contributed by atoms with E-state index in [-0.39, 0.29) is 0 Å². The van der Waals surface area contributed by atoms with Crippen LogP contribution in [-0.4, -0.2) is 18.4 Å². The third kappa shape index (κ3) is 8.68. The third-order valence-corrected chi connectivity index (χ3v) is 3.75. The first-order valence-electron chi connectivity index (χ1n) is 9.24. The lowest BCUT2D eigenvalue weighted by Crippen LogP contribution is -2.20. The number of benzene rings is 2. The Labute approximate surface area is 161 Å². The summed E-state index contributed by atoms with van der Waals surface area (Å²) in [6.45, 7) is 2.51. The molecule has 2 aromatic rings. The number of nitrogens with one attached hydrogen (secondary N) is 1. The lowest BCUT2D eigenvalue weighted by atomic mass is 10.1. The van der Waals surface area contributed by atoms with Crippen LogP contribution in [-0.2, 0) is 4.74 Å². The molecule has 0 spiro atoms. The standard InChI is InChI=1S/C23H26N2O2/c1-2-3-10-19-27-23(26)25-24-22(17-15-20-11-6-4-7-12-20)18-16-21-13-8-5-9-14-21/h4-9,11-18H,2-3,10,19H2,1H3,(H,25,26)/b17-15+,18-16+. The van der Waals surface area contributed by atoms with Crippen molar-refractivity contribution in [2.24, 2.45) is 5.10 Å². The van der Waals surface area contributed by atoms with Gasteiger partial charge in [-0.25, -0.2) is 10.2 Å². The Balaban J connectivity index is 2.03. The van der Waals surface area contributed by atoms with Gasteiger partial charge in [-0.05, 0) is 29.7 Å². The van der Waals surface area contributed by atoms with Gasteiger partial charge in [0.25, 0.3) is 0 Å². The Morgan fingerprint density at radius 3 is 2.00 bits per heavy atom. The molecule has 0 aliphatic heterocycles. The van der Waals surface area contributed by atoms with Gasteiger partial charge in [0.1, 0.15) is 0 Å². The molecule has 0 aliphatic rings. The van der Waals surface area contributed by atoms with Gasteiger partial charge < -0.3 is 4.74 Å². The molecule has 0 aliphatic carbocycles. The second-order valence-electron chi connectivity index (χ2n) is 5.98. The number of unbranched alkanes of at least 4 members (excludes halogenated alkanes) is 2. The molecular weight excluding hydrogens is 336 g/mol. The van der Waals surface area contributed by atoms with Crippen molar-refractivity contribution < 1.29 is 9.53 Å². The number of ether oxygens (including phenoxy) is 1. The number of hydrogen-bond acceptors (Lipinski definition) is 3. The Morgan fingerprint density at radius 1 is 0.926 bits per heavy atom. The molecule has 0 atom stereocenters. The molecule has 2 rings (SSSR count). The Hall–Kier alpha value is -3.14.